The normalized spacial score (nSPS) is 8.67. The number of aromatic nitrogens is 2. The van der Waals surface area contributed by atoms with Gasteiger partial charge < -0.3 is 14.5 Å². The van der Waals surface area contributed by atoms with Crippen LogP contribution in [0.2, 0.25) is 0 Å². The summed E-state index contributed by atoms with van der Waals surface area (Å²) in [4.78, 5) is 0. The van der Waals surface area contributed by atoms with E-state index in [0.717, 1.165) is 0 Å². The Morgan fingerprint density at radius 1 is 1.22 bits per heavy atom. The number of hydrogen-bond acceptors (Lipinski definition) is 0. The summed E-state index contributed by atoms with van der Waals surface area (Å²) in [7, 11) is 3.57. The number of hydrogen-bond donors (Lipinski definition) is 0. The van der Waals surface area contributed by atoms with E-state index in [4.69, 9.17) is 5.41 Å². The summed E-state index contributed by atoms with van der Waals surface area (Å²) < 4.78 is 3.28. The molecular weight excluding hydrogens is 125 g/mol. The molecule has 0 aliphatic rings. The molecule has 0 radical (unpaired) electrons. The predicted molar refractivity (Wildman–Crippen MR) is 30.9 cm³/mol. The van der Waals surface area contributed by atoms with Crippen LogP contribution in [0.4, 0.5) is 0 Å². The smallest absolute Gasteiger partial charge is 0.407 e. The van der Waals surface area contributed by atoms with Gasteiger partial charge in [0, 0.05) is 5.62 Å². The zero-order valence-corrected chi connectivity index (χ0v) is 8.00. The minimum Gasteiger partial charge on any atom is -0.407 e. The third-order valence-electron chi connectivity index (χ3n) is 1.14. The van der Waals surface area contributed by atoms with Gasteiger partial charge in [-0.25, -0.2) is 0 Å². The second-order valence-electron chi connectivity index (χ2n) is 1.82. The van der Waals surface area contributed by atoms with Gasteiger partial charge in [-0.1, -0.05) is 0 Å². The number of rotatable bonds is 0. The van der Waals surface area contributed by atoms with Crippen LogP contribution in [0.1, 0.15) is 0 Å². The van der Waals surface area contributed by atoms with E-state index in [0.29, 0.717) is 0 Å². The van der Waals surface area contributed by atoms with E-state index in [1.807, 2.05) is 0 Å². The van der Waals surface area contributed by atoms with Crippen LogP contribution < -0.4 is 35.2 Å². The van der Waals surface area contributed by atoms with Crippen molar-refractivity contribution in [3.63, 3.8) is 0 Å². The summed E-state index contributed by atoms with van der Waals surface area (Å²) in [5.41, 5.74) is 0.269. The molecular formula is C5H8N3Na. The van der Waals surface area contributed by atoms with E-state index in [9.17, 15) is 0 Å². The largest absolute Gasteiger partial charge is 1.00 e. The van der Waals surface area contributed by atoms with Gasteiger partial charge in [-0.2, -0.15) is 0 Å². The molecule has 1 aromatic heterocycles. The Morgan fingerprint density at radius 2 is 1.56 bits per heavy atom. The van der Waals surface area contributed by atoms with E-state index in [2.05, 4.69) is 0 Å². The van der Waals surface area contributed by atoms with E-state index in [-0.39, 0.29) is 35.2 Å². The fourth-order valence-electron chi connectivity index (χ4n) is 0.582. The third kappa shape index (κ3) is 1.71. The van der Waals surface area contributed by atoms with Gasteiger partial charge in [-0.3, -0.25) is 0 Å². The van der Waals surface area contributed by atoms with Crippen molar-refractivity contribution < 1.29 is 29.6 Å². The van der Waals surface area contributed by atoms with Crippen molar-refractivity contribution in [2.45, 2.75) is 0 Å². The molecule has 0 bridgehead atoms. The standard InChI is InChI=1S/C5H8N3.Na/c1-7-3-4-8(2)5(7)6;/h3-4H,1-2H3;/q-1;+1. The van der Waals surface area contributed by atoms with Crippen LogP contribution in [0.5, 0.6) is 0 Å². The van der Waals surface area contributed by atoms with Gasteiger partial charge in [-0.05, 0) is 26.5 Å². The van der Waals surface area contributed by atoms with Crippen LogP contribution in [0, 0.1) is 0 Å². The first-order chi connectivity index (χ1) is 3.72. The molecule has 1 aromatic rings. The Kier molecular flexibility index (Phi) is 3.25. The van der Waals surface area contributed by atoms with Crippen LogP contribution in [0.25, 0.3) is 5.41 Å². The molecule has 0 saturated carbocycles. The van der Waals surface area contributed by atoms with Gasteiger partial charge in [0.05, 0.1) is 0 Å². The van der Waals surface area contributed by atoms with Gasteiger partial charge >= 0.3 is 29.6 Å². The van der Waals surface area contributed by atoms with E-state index in [1.165, 1.54) is 0 Å². The van der Waals surface area contributed by atoms with Gasteiger partial charge in [0.15, 0.2) is 0 Å². The molecule has 0 spiro atoms. The summed E-state index contributed by atoms with van der Waals surface area (Å²) >= 11 is 0. The Morgan fingerprint density at radius 3 is 1.67 bits per heavy atom. The number of aryl methyl sites for hydroxylation is 2. The van der Waals surface area contributed by atoms with Crippen LogP contribution in [-0.2, 0) is 14.1 Å². The van der Waals surface area contributed by atoms with Crippen molar-refractivity contribution in [3.8, 4) is 0 Å². The molecule has 0 atom stereocenters. The topological polar surface area (TPSA) is 32.2 Å². The molecule has 1 heterocycles. The average Bonchev–Trinajstić information content (AvgIpc) is 1.98. The molecule has 0 unspecified atom stereocenters. The molecule has 44 valence electrons. The first-order valence-corrected chi connectivity index (χ1v) is 2.41. The Balaban J connectivity index is 0.000000640. The van der Waals surface area contributed by atoms with Crippen LogP contribution >= 0.6 is 0 Å². The zero-order chi connectivity index (χ0) is 6.15. The Labute approximate surface area is 76.1 Å². The predicted octanol–water partition coefficient (Wildman–Crippen LogP) is -3.16. The number of nitrogens with zero attached hydrogens (tertiary/aromatic N) is 3. The van der Waals surface area contributed by atoms with Crippen molar-refractivity contribution in [3.05, 3.63) is 23.4 Å². The number of imidazole rings is 1. The summed E-state index contributed by atoms with van der Waals surface area (Å²) in [5.74, 6) is 0. The van der Waals surface area contributed by atoms with Gasteiger partial charge in [0.2, 0.25) is 0 Å². The maximum Gasteiger partial charge on any atom is 1.00 e. The molecule has 4 heteroatoms. The Hall–Kier alpha value is 0.0100. The fourth-order valence-corrected chi connectivity index (χ4v) is 0.582. The molecule has 0 aliphatic heterocycles. The molecule has 0 aromatic carbocycles. The molecule has 1 rings (SSSR count). The maximum atomic E-state index is 8.97. The summed E-state index contributed by atoms with van der Waals surface area (Å²) in [6.07, 6.45) is 3.57. The van der Waals surface area contributed by atoms with E-state index >= 15 is 0 Å². The van der Waals surface area contributed by atoms with Crippen molar-refractivity contribution >= 4 is 0 Å². The van der Waals surface area contributed by atoms with Crippen LogP contribution in [0.3, 0.4) is 0 Å². The second kappa shape index (κ2) is 3.25. The Bertz CT molecular complexity index is 212. The van der Waals surface area contributed by atoms with E-state index < -0.39 is 0 Å². The van der Waals surface area contributed by atoms with Crippen LogP contribution in [-0.4, -0.2) is 9.13 Å². The van der Waals surface area contributed by atoms with Gasteiger partial charge in [0.1, 0.15) is 0 Å². The fraction of sp³-hybridized carbons (Fsp3) is 0.400. The molecule has 0 amide bonds. The quantitative estimate of drug-likeness (QED) is 0.335. The SMILES string of the molecule is Cn1ccn(C)c1=[N-].[Na+]. The van der Waals surface area contributed by atoms with Crippen LogP contribution in [0.15, 0.2) is 12.4 Å². The second-order valence-corrected chi connectivity index (χ2v) is 1.82. The molecule has 0 saturated heterocycles. The zero-order valence-electron chi connectivity index (χ0n) is 6.00. The maximum absolute atomic E-state index is 8.97. The summed E-state index contributed by atoms with van der Waals surface area (Å²) in [6.45, 7) is 0. The minimum absolute atomic E-state index is 0. The van der Waals surface area contributed by atoms with Crippen molar-refractivity contribution in [1.82, 2.24) is 9.13 Å². The first kappa shape index (κ1) is 9.01. The third-order valence-corrected chi connectivity index (χ3v) is 1.14. The summed E-state index contributed by atoms with van der Waals surface area (Å²) in [6, 6.07) is 0. The van der Waals surface area contributed by atoms with Gasteiger partial charge in [0.25, 0.3) is 0 Å². The van der Waals surface area contributed by atoms with Crippen molar-refractivity contribution in [2.24, 2.45) is 14.1 Å². The van der Waals surface area contributed by atoms with E-state index in [1.54, 1.807) is 35.6 Å². The first-order valence-electron chi connectivity index (χ1n) is 2.41. The molecule has 0 fully saturated rings. The summed E-state index contributed by atoms with van der Waals surface area (Å²) in [5, 5.41) is 8.97. The molecule has 0 aliphatic carbocycles. The molecule has 3 nitrogen and oxygen atoms in total. The van der Waals surface area contributed by atoms with Crippen molar-refractivity contribution in [1.29, 1.82) is 0 Å². The average molecular weight is 133 g/mol. The van der Waals surface area contributed by atoms with Gasteiger partial charge in [-0.15, -0.1) is 0 Å². The monoisotopic (exact) mass is 133 g/mol. The van der Waals surface area contributed by atoms with Crippen molar-refractivity contribution in [2.75, 3.05) is 0 Å². The molecule has 9 heavy (non-hydrogen) atoms. The minimum atomic E-state index is 0. The molecule has 0 N–H and O–H groups in total.